The van der Waals surface area contributed by atoms with Gasteiger partial charge >= 0.3 is 5.97 Å². The fourth-order valence-corrected chi connectivity index (χ4v) is 2.43. The second-order valence-electron chi connectivity index (χ2n) is 4.88. The van der Waals surface area contributed by atoms with Crippen molar-refractivity contribution in [1.82, 2.24) is 9.78 Å². The van der Waals surface area contributed by atoms with Crippen molar-refractivity contribution in [3.05, 3.63) is 30.0 Å². The molecule has 0 amide bonds. The lowest BCUT2D eigenvalue weighted by molar-refractivity contribution is 0.0594. The van der Waals surface area contributed by atoms with Gasteiger partial charge in [-0.2, -0.15) is 5.10 Å². The molecule has 94 valence electrons. The van der Waals surface area contributed by atoms with Crippen LogP contribution in [-0.4, -0.2) is 22.9 Å². The largest absolute Gasteiger partial charge is 0.464 e. The summed E-state index contributed by atoms with van der Waals surface area (Å²) in [6.45, 7) is 2.16. The monoisotopic (exact) mass is 244 g/mol. The van der Waals surface area contributed by atoms with Gasteiger partial charge in [-0.05, 0) is 31.7 Å². The SMILES string of the molecule is COC(=O)c1nn(C(C)C2CC2)c2ccccc12. The molecule has 0 N–H and O–H groups in total. The van der Waals surface area contributed by atoms with E-state index in [1.165, 1.54) is 20.0 Å². The number of carbonyl (C=O) groups excluding carboxylic acids is 1. The molecule has 1 atom stereocenters. The van der Waals surface area contributed by atoms with Gasteiger partial charge in [-0.15, -0.1) is 0 Å². The van der Waals surface area contributed by atoms with Crippen LogP contribution in [0, 0.1) is 5.92 Å². The maximum absolute atomic E-state index is 11.8. The number of rotatable bonds is 3. The number of ether oxygens (including phenoxy) is 1. The van der Waals surface area contributed by atoms with Crippen molar-refractivity contribution in [1.29, 1.82) is 0 Å². The van der Waals surface area contributed by atoms with Crippen LogP contribution in [0.15, 0.2) is 24.3 Å². The first-order valence-electron chi connectivity index (χ1n) is 6.28. The van der Waals surface area contributed by atoms with Crippen LogP contribution in [0.3, 0.4) is 0 Å². The molecule has 0 spiro atoms. The Morgan fingerprint density at radius 2 is 2.17 bits per heavy atom. The lowest BCUT2D eigenvalue weighted by Gasteiger charge is -2.11. The van der Waals surface area contributed by atoms with E-state index in [9.17, 15) is 4.79 Å². The summed E-state index contributed by atoms with van der Waals surface area (Å²) in [7, 11) is 1.39. The third-order valence-electron chi connectivity index (χ3n) is 3.68. The molecule has 0 saturated heterocycles. The molecule has 2 aromatic rings. The number of hydrogen-bond donors (Lipinski definition) is 0. The third-order valence-corrected chi connectivity index (χ3v) is 3.68. The van der Waals surface area contributed by atoms with Crippen molar-refractivity contribution >= 4 is 16.9 Å². The van der Waals surface area contributed by atoms with E-state index in [1.807, 2.05) is 28.9 Å². The van der Waals surface area contributed by atoms with Gasteiger partial charge in [0.15, 0.2) is 5.69 Å². The predicted molar refractivity (Wildman–Crippen MR) is 68.5 cm³/mol. The number of nitrogens with zero attached hydrogens (tertiary/aromatic N) is 2. The molecule has 1 heterocycles. The standard InChI is InChI=1S/C14H16N2O2/c1-9(10-7-8-10)16-12-6-4-3-5-11(12)13(15-16)14(17)18-2/h3-6,9-10H,7-8H2,1-2H3. The molecule has 0 bridgehead atoms. The van der Waals surface area contributed by atoms with E-state index >= 15 is 0 Å². The summed E-state index contributed by atoms with van der Waals surface area (Å²) in [4.78, 5) is 11.8. The van der Waals surface area contributed by atoms with Crippen LogP contribution >= 0.6 is 0 Å². The molecular formula is C14H16N2O2. The predicted octanol–water partition coefficient (Wildman–Crippen LogP) is 2.79. The van der Waals surface area contributed by atoms with Gasteiger partial charge in [-0.1, -0.05) is 18.2 Å². The summed E-state index contributed by atoms with van der Waals surface area (Å²) in [6.07, 6.45) is 2.51. The molecule has 18 heavy (non-hydrogen) atoms. The van der Waals surface area contributed by atoms with Crippen LogP contribution in [0.25, 0.3) is 10.9 Å². The number of aromatic nitrogens is 2. The highest BCUT2D eigenvalue weighted by atomic mass is 16.5. The molecule has 4 nitrogen and oxygen atoms in total. The molecule has 0 radical (unpaired) electrons. The number of para-hydroxylation sites is 1. The van der Waals surface area contributed by atoms with Crippen molar-refractivity contribution in [3.63, 3.8) is 0 Å². The molecule has 1 aliphatic carbocycles. The smallest absolute Gasteiger partial charge is 0.359 e. The Labute approximate surface area is 106 Å². The number of esters is 1. The van der Waals surface area contributed by atoms with Crippen molar-refractivity contribution in [2.45, 2.75) is 25.8 Å². The number of benzene rings is 1. The Morgan fingerprint density at radius 3 is 2.83 bits per heavy atom. The topological polar surface area (TPSA) is 44.1 Å². The summed E-state index contributed by atoms with van der Waals surface area (Å²) >= 11 is 0. The Kier molecular flexibility index (Phi) is 2.58. The van der Waals surface area contributed by atoms with Gasteiger partial charge in [0.1, 0.15) is 0 Å². The van der Waals surface area contributed by atoms with Gasteiger partial charge in [-0.25, -0.2) is 4.79 Å². The molecule has 1 aromatic heterocycles. The minimum absolute atomic E-state index is 0.341. The third kappa shape index (κ3) is 1.68. The summed E-state index contributed by atoms with van der Waals surface area (Å²) in [5.41, 5.74) is 1.43. The molecule has 1 unspecified atom stereocenters. The molecule has 1 aliphatic rings. The molecule has 0 aliphatic heterocycles. The minimum atomic E-state index is -0.368. The molecule has 1 aromatic carbocycles. The molecule has 1 fully saturated rings. The second-order valence-corrected chi connectivity index (χ2v) is 4.88. The summed E-state index contributed by atoms with van der Waals surface area (Å²) < 4.78 is 6.77. The lowest BCUT2D eigenvalue weighted by atomic mass is 10.2. The zero-order valence-corrected chi connectivity index (χ0v) is 10.6. The van der Waals surface area contributed by atoms with E-state index < -0.39 is 0 Å². The zero-order chi connectivity index (χ0) is 12.7. The molecular weight excluding hydrogens is 228 g/mol. The van der Waals surface area contributed by atoms with E-state index in [0.717, 1.165) is 10.9 Å². The van der Waals surface area contributed by atoms with Crippen molar-refractivity contribution in [3.8, 4) is 0 Å². The average molecular weight is 244 g/mol. The van der Waals surface area contributed by atoms with Crippen LogP contribution in [-0.2, 0) is 4.74 Å². The fraction of sp³-hybridized carbons (Fsp3) is 0.429. The first kappa shape index (κ1) is 11.3. The van der Waals surface area contributed by atoms with Crippen molar-refractivity contribution < 1.29 is 9.53 Å². The van der Waals surface area contributed by atoms with Gasteiger partial charge in [0, 0.05) is 5.39 Å². The maximum Gasteiger partial charge on any atom is 0.359 e. The van der Waals surface area contributed by atoms with Gasteiger partial charge in [-0.3, -0.25) is 4.68 Å². The first-order valence-corrected chi connectivity index (χ1v) is 6.28. The highest BCUT2D eigenvalue weighted by Gasteiger charge is 2.31. The Hall–Kier alpha value is -1.84. The highest BCUT2D eigenvalue weighted by Crippen LogP contribution is 2.40. The Morgan fingerprint density at radius 1 is 1.44 bits per heavy atom. The van der Waals surface area contributed by atoms with Crippen LogP contribution in [0.1, 0.15) is 36.3 Å². The molecule has 3 rings (SSSR count). The van der Waals surface area contributed by atoms with E-state index in [1.54, 1.807) is 0 Å². The zero-order valence-electron chi connectivity index (χ0n) is 10.6. The van der Waals surface area contributed by atoms with E-state index in [-0.39, 0.29) is 5.97 Å². The Bertz CT molecular complexity index is 599. The quantitative estimate of drug-likeness (QED) is 0.780. The molecule has 4 heteroatoms. The minimum Gasteiger partial charge on any atom is -0.464 e. The normalized spacial score (nSPS) is 16.8. The van der Waals surface area contributed by atoms with Crippen LogP contribution in [0.2, 0.25) is 0 Å². The highest BCUT2D eigenvalue weighted by molar-refractivity contribution is 6.02. The number of methoxy groups -OCH3 is 1. The van der Waals surface area contributed by atoms with Gasteiger partial charge < -0.3 is 4.74 Å². The molecule has 1 saturated carbocycles. The summed E-state index contributed by atoms with van der Waals surface area (Å²) in [5.74, 6) is 0.326. The first-order chi connectivity index (χ1) is 8.72. The van der Waals surface area contributed by atoms with Crippen LogP contribution < -0.4 is 0 Å². The van der Waals surface area contributed by atoms with Gasteiger partial charge in [0.25, 0.3) is 0 Å². The van der Waals surface area contributed by atoms with E-state index in [4.69, 9.17) is 4.74 Å². The van der Waals surface area contributed by atoms with E-state index in [2.05, 4.69) is 12.0 Å². The Balaban J connectivity index is 2.16. The fourth-order valence-electron chi connectivity index (χ4n) is 2.43. The maximum atomic E-state index is 11.8. The van der Waals surface area contributed by atoms with Crippen LogP contribution in [0.4, 0.5) is 0 Å². The van der Waals surface area contributed by atoms with Crippen molar-refractivity contribution in [2.75, 3.05) is 7.11 Å². The second kappa shape index (κ2) is 4.12. The van der Waals surface area contributed by atoms with Gasteiger partial charge in [0.2, 0.25) is 0 Å². The van der Waals surface area contributed by atoms with Crippen molar-refractivity contribution in [2.24, 2.45) is 5.92 Å². The number of fused-ring (bicyclic) bond motifs is 1. The number of carbonyl (C=O) groups is 1. The summed E-state index contributed by atoms with van der Waals surface area (Å²) in [6, 6.07) is 8.16. The van der Waals surface area contributed by atoms with E-state index in [0.29, 0.717) is 17.7 Å². The number of hydrogen-bond acceptors (Lipinski definition) is 3. The van der Waals surface area contributed by atoms with Gasteiger partial charge in [0.05, 0.1) is 18.7 Å². The van der Waals surface area contributed by atoms with Crippen LogP contribution in [0.5, 0.6) is 0 Å². The average Bonchev–Trinajstić information content (AvgIpc) is 3.18. The lowest BCUT2D eigenvalue weighted by Crippen LogP contribution is -2.10. The summed E-state index contributed by atoms with van der Waals surface area (Å²) in [5, 5.41) is 5.34.